The van der Waals surface area contributed by atoms with Gasteiger partial charge in [-0.25, -0.2) is 8.78 Å². The van der Waals surface area contributed by atoms with Crippen molar-refractivity contribution in [1.29, 1.82) is 0 Å². The van der Waals surface area contributed by atoms with Crippen molar-refractivity contribution in [3.63, 3.8) is 0 Å². The van der Waals surface area contributed by atoms with Crippen LogP contribution in [0.4, 0.5) is 14.5 Å². The van der Waals surface area contributed by atoms with E-state index in [1.807, 2.05) is 6.07 Å². The Balaban J connectivity index is 2.06. The van der Waals surface area contributed by atoms with Gasteiger partial charge in [0.05, 0.1) is 0 Å². The van der Waals surface area contributed by atoms with Crippen molar-refractivity contribution >= 4 is 17.6 Å². The van der Waals surface area contributed by atoms with Crippen LogP contribution in [-0.4, -0.2) is 24.0 Å². The predicted molar refractivity (Wildman–Crippen MR) is 124 cm³/mol. The summed E-state index contributed by atoms with van der Waals surface area (Å²) in [6.07, 6.45) is 5.49. The van der Waals surface area contributed by atoms with E-state index in [1.54, 1.807) is 63.2 Å². The van der Waals surface area contributed by atoms with E-state index < -0.39 is 41.2 Å². The Bertz CT molecular complexity index is 1220. The second-order valence-corrected chi connectivity index (χ2v) is 8.35. The lowest BCUT2D eigenvalue weighted by Gasteiger charge is -2.26. The first-order chi connectivity index (χ1) is 15.6. The van der Waals surface area contributed by atoms with Gasteiger partial charge < -0.3 is 4.74 Å². The monoisotopic (exact) mass is 447 g/mol. The highest BCUT2D eigenvalue weighted by Gasteiger charge is 2.28. The fraction of sp³-hybridized carbons (Fsp3) is 0.185. The summed E-state index contributed by atoms with van der Waals surface area (Å²) >= 11 is 0. The minimum absolute atomic E-state index is 0.275. The molecule has 0 saturated heterocycles. The highest BCUT2D eigenvalue weighted by atomic mass is 19.1. The molecular formula is C27H23F2NO3. The highest BCUT2D eigenvalue weighted by Crippen LogP contribution is 2.27. The zero-order chi connectivity index (χ0) is 24.2. The molecule has 0 saturated carbocycles. The van der Waals surface area contributed by atoms with Crippen molar-refractivity contribution in [3.05, 3.63) is 89.5 Å². The molecule has 0 heterocycles. The van der Waals surface area contributed by atoms with Gasteiger partial charge in [-0.2, -0.15) is 0 Å². The number of anilines is 1. The van der Waals surface area contributed by atoms with Crippen LogP contribution in [0, 0.1) is 24.0 Å². The minimum Gasteiger partial charge on any atom is -0.459 e. The van der Waals surface area contributed by atoms with Gasteiger partial charge >= 0.3 is 5.97 Å². The summed E-state index contributed by atoms with van der Waals surface area (Å²) in [6, 6.07) is 17.1. The van der Waals surface area contributed by atoms with Crippen molar-refractivity contribution in [3.8, 4) is 23.5 Å². The van der Waals surface area contributed by atoms with Crippen molar-refractivity contribution < 1.29 is 23.1 Å². The summed E-state index contributed by atoms with van der Waals surface area (Å²) in [5, 5.41) is 0. The molecule has 3 rings (SSSR count). The molecule has 3 aromatic rings. The number of benzene rings is 3. The number of esters is 1. The van der Waals surface area contributed by atoms with Crippen molar-refractivity contribution in [1.82, 2.24) is 0 Å². The first-order valence-electron chi connectivity index (χ1n) is 10.2. The second kappa shape index (κ2) is 9.66. The standard InChI is InChI=1S/C27H23F2NO3/c1-5-18-9-6-10-19(15-18)20-11-7-12-21(16-20)30(17-24(31)33-27(2,3)4)26(32)25-22(28)13-8-14-23(25)29/h1,6-16H,17H2,2-4H3. The molecule has 4 nitrogen and oxygen atoms in total. The summed E-state index contributed by atoms with van der Waals surface area (Å²) in [5.41, 5.74) is 0.896. The van der Waals surface area contributed by atoms with Gasteiger partial charge in [-0.15, -0.1) is 6.42 Å². The summed E-state index contributed by atoms with van der Waals surface area (Å²) in [4.78, 5) is 26.8. The summed E-state index contributed by atoms with van der Waals surface area (Å²) in [7, 11) is 0. The van der Waals surface area contributed by atoms with E-state index in [4.69, 9.17) is 11.2 Å². The van der Waals surface area contributed by atoms with E-state index in [0.717, 1.165) is 22.6 Å². The number of nitrogens with zero attached hydrogens (tertiary/aromatic N) is 1. The molecule has 0 aliphatic heterocycles. The molecule has 0 aromatic heterocycles. The molecule has 1 amide bonds. The molecule has 6 heteroatoms. The van der Waals surface area contributed by atoms with Gasteiger partial charge in [0.15, 0.2) is 0 Å². The topological polar surface area (TPSA) is 46.6 Å². The largest absolute Gasteiger partial charge is 0.459 e. The Labute approximate surface area is 191 Å². The first kappa shape index (κ1) is 23.7. The van der Waals surface area contributed by atoms with Crippen molar-refractivity contribution in [2.45, 2.75) is 26.4 Å². The number of ether oxygens (including phenoxy) is 1. The van der Waals surface area contributed by atoms with Crippen molar-refractivity contribution in [2.24, 2.45) is 0 Å². The quantitative estimate of drug-likeness (QED) is 0.378. The third kappa shape index (κ3) is 5.83. The normalized spacial score (nSPS) is 10.9. The Morgan fingerprint density at radius 3 is 2.12 bits per heavy atom. The third-order valence-electron chi connectivity index (χ3n) is 4.65. The summed E-state index contributed by atoms with van der Waals surface area (Å²) < 4.78 is 34.1. The third-order valence-corrected chi connectivity index (χ3v) is 4.65. The van der Waals surface area contributed by atoms with Crippen LogP contribution in [0.2, 0.25) is 0 Å². The molecule has 3 aromatic carbocycles. The average Bonchev–Trinajstić information content (AvgIpc) is 2.76. The Morgan fingerprint density at radius 1 is 0.939 bits per heavy atom. The maximum atomic E-state index is 14.4. The number of terminal acetylenes is 1. The maximum absolute atomic E-state index is 14.4. The fourth-order valence-corrected chi connectivity index (χ4v) is 3.26. The zero-order valence-electron chi connectivity index (χ0n) is 18.6. The molecule has 0 aliphatic carbocycles. The second-order valence-electron chi connectivity index (χ2n) is 8.35. The number of hydrogen-bond donors (Lipinski definition) is 0. The summed E-state index contributed by atoms with van der Waals surface area (Å²) in [5.74, 6) is -1.19. The van der Waals surface area contributed by atoms with Crippen LogP contribution in [0.15, 0.2) is 66.7 Å². The van der Waals surface area contributed by atoms with Crippen LogP contribution in [0.3, 0.4) is 0 Å². The molecule has 0 aliphatic rings. The lowest BCUT2D eigenvalue weighted by atomic mass is 10.0. The van der Waals surface area contributed by atoms with Gasteiger partial charge in [-0.1, -0.05) is 36.3 Å². The van der Waals surface area contributed by atoms with E-state index in [0.29, 0.717) is 11.1 Å². The molecule has 33 heavy (non-hydrogen) atoms. The van der Waals surface area contributed by atoms with E-state index >= 15 is 0 Å². The lowest BCUT2D eigenvalue weighted by molar-refractivity contribution is -0.152. The Hall–Kier alpha value is -3.98. The van der Waals surface area contributed by atoms with Crippen LogP contribution in [0.1, 0.15) is 36.7 Å². The maximum Gasteiger partial charge on any atom is 0.326 e. The van der Waals surface area contributed by atoms with Gasteiger partial charge in [0.1, 0.15) is 29.3 Å². The molecule has 0 unspecified atom stereocenters. The zero-order valence-corrected chi connectivity index (χ0v) is 18.6. The Morgan fingerprint density at radius 2 is 1.52 bits per heavy atom. The number of amides is 1. The molecule has 0 N–H and O–H groups in total. The molecule has 168 valence electrons. The molecule has 0 bridgehead atoms. The predicted octanol–water partition coefficient (Wildman–Crippen LogP) is 5.60. The number of carbonyl (C=O) groups excluding carboxylic acids is 2. The highest BCUT2D eigenvalue weighted by molar-refractivity contribution is 6.09. The molecule has 0 spiro atoms. The van der Waals surface area contributed by atoms with Gasteiger partial charge in [0.2, 0.25) is 0 Å². The van der Waals surface area contributed by atoms with E-state index in [9.17, 15) is 18.4 Å². The first-order valence-corrected chi connectivity index (χ1v) is 10.2. The van der Waals surface area contributed by atoms with Gasteiger partial charge in [-0.3, -0.25) is 14.5 Å². The van der Waals surface area contributed by atoms with E-state index in [2.05, 4.69) is 5.92 Å². The van der Waals surface area contributed by atoms with Crippen LogP contribution in [0.5, 0.6) is 0 Å². The smallest absolute Gasteiger partial charge is 0.326 e. The molecule has 0 fully saturated rings. The SMILES string of the molecule is C#Cc1cccc(-c2cccc(N(CC(=O)OC(C)(C)C)C(=O)c3c(F)cccc3F)c2)c1. The van der Waals surface area contributed by atoms with Gasteiger partial charge in [0.25, 0.3) is 5.91 Å². The van der Waals surface area contributed by atoms with E-state index in [-0.39, 0.29) is 5.69 Å². The molecule has 0 radical (unpaired) electrons. The molecular weight excluding hydrogens is 424 g/mol. The Kier molecular flexibility index (Phi) is 6.93. The minimum atomic E-state index is -1.02. The van der Waals surface area contributed by atoms with Gasteiger partial charge in [0, 0.05) is 11.3 Å². The van der Waals surface area contributed by atoms with Crippen LogP contribution < -0.4 is 4.90 Å². The van der Waals surface area contributed by atoms with Crippen molar-refractivity contribution in [2.75, 3.05) is 11.4 Å². The van der Waals surface area contributed by atoms with Gasteiger partial charge in [-0.05, 0) is 68.3 Å². The number of carbonyl (C=O) groups is 2. The molecule has 0 atom stereocenters. The number of rotatable bonds is 5. The van der Waals surface area contributed by atoms with E-state index in [1.165, 1.54) is 6.07 Å². The van der Waals surface area contributed by atoms with Crippen LogP contribution in [0.25, 0.3) is 11.1 Å². The fourth-order valence-electron chi connectivity index (χ4n) is 3.26. The summed E-state index contributed by atoms with van der Waals surface area (Å²) in [6.45, 7) is 4.53. The average molecular weight is 447 g/mol. The van der Waals surface area contributed by atoms with Crippen LogP contribution in [-0.2, 0) is 9.53 Å². The lowest BCUT2D eigenvalue weighted by Crippen LogP contribution is -2.39. The number of hydrogen-bond acceptors (Lipinski definition) is 3. The number of halogens is 2. The van der Waals surface area contributed by atoms with Crippen LogP contribution >= 0.6 is 0 Å².